The summed E-state index contributed by atoms with van der Waals surface area (Å²) < 4.78 is 0. The topological polar surface area (TPSA) is 6.48 Å². The third-order valence-corrected chi connectivity index (χ3v) is 6.33. The van der Waals surface area contributed by atoms with Crippen molar-refractivity contribution in [2.45, 2.75) is 91.4 Å². The lowest BCUT2D eigenvalue weighted by Crippen LogP contribution is -2.83. The molecule has 0 unspecified atom stereocenters. The molecule has 0 aliphatic carbocycles. The van der Waals surface area contributed by atoms with Crippen LogP contribution < -0.4 is 0 Å². The van der Waals surface area contributed by atoms with Crippen LogP contribution >= 0.6 is 0 Å². The minimum absolute atomic E-state index is 0.163. The molecule has 1 fully saturated rings. The Kier molecular flexibility index (Phi) is 3.74. The van der Waals surface area contributed by atoms with Crippen molar-refractivity contribution in [2.75, 3.05) is 13.1 Å². The molecular formula is C16H34N2. The van der Waals surface area contributed by atoms with Crippen molar-refractivity contribution < 1.29 is 0 Å². The van der Waals surface area contributed by atoms with Gasteiger partial charge in [0.05, 0.1) is 0 Å². The summed E-state index contributed by atoms with van der Waals surface area (Å²) in [5.41, 5.74) is 0.654. The van der Waals surface area contributed by atoms with E-state index in [9.17, 15) is 0 Å². The zero-order valence-electron chi connectivity index (χ0n) is 14.3. The van der Waals surface area contributed by atoms with Gasteiger partial charge in [0, 0.05) is 22.2 Å². The predicted octanol–water partition coefficient (Wildman–Crippen LogP) is 3.76. The van der Waals surface area contributed by atoms with Crippen LogP contribution in [0.1, 0.15) is 69.2 Å². The fraction of sp³-hybridized carbons (Fsp3) is 1.00. The minimum Gasteiger partial charge on any atom is -0.290 e. The standard InChI is InChI=1S/C16H34N2/c1-11-17-13(3,4)15(7,8)18(12-2)16(9,10)14(17,5)6/h11-12H2,1-10H3. The highest BCUT2D eigenvalue weighted by atomic mass is 15.4. The summed E-state index contributed by atoms with van der Waals surface area (Å²) >= 11 is 0. The van der Waals surface area contributed by atoms with Crippen LogP contribution in [0.3, 0.4) is 0 Å². The summed E-state index contributed by atoms with van der Waals surface area (Å²) in [5, 5.41) is 0. The Morgan fingerprint density at radius 3 is 0.778 bits per heavy atom. The molecule has 18 heavy (non-hydrogen) atoms. The van der Waals surface area contributed by atoms with Crippen molar-refractivity contribution in [3.63, 3.8) is 0 Å². The molecule has 2 heteroatoms. The Hall–Kier alpha value is -0.0800. The van der Waals surface area contributed by atoms with Crippen LogP contribution in [0.15, 0.2) is 0 Å². The Morgan fingerprint density at radius 2 is 0.667 bits per heavy atom. The van der Waals surface area contributed by atoms with E-state index in [2.05, 4.69) is 79.0 Å². The van der Waals surface area contributed by atoms with Crippen molar-refractivity contribution in [3.05, 3.63) is 0 Å². The highest BCUT2D eigenvalue weighted by molar-refractivity contribution is 5.19. The van der Waals surface area contributed by atoms with E-state index in [4.69, 9.17) is 0 Å². The molecule has 1 aliphatic heterocycles. The van der Waals surface area contributed by atoms with Crippen molar-refractivity contribution in [3.8, 4) is 0 Å². The molecule has 0 aromatic carbocycles. The minimum atomic E-state index is 0.163. The molecule has 0 N–H and O–H groups in total. The second kappa shape index (κ2) is 4.21. The maximum Gasteiger partial charge on any atom is 0.0337 e. The van der Waals surface area contributed by atoms with E-state index in [1.807, 2.05) is 0 Å². The van der Waals surface area contributed by atoms with Gasteiger partial charge in [0.2, 0.25) is 0 Å². The SMILES string of the molecule is CCN1C(C)(C)C(C)(C)N(CC)C(C)(C)C1(C)C. The second-order valence-corrected chi connectivity index (χ2v) is 7.72. The first-order chi connectivity index (χ1) is 7.89. The molecule has 1 saturated heterocycles. The summed E-state index contributed by atoms with van der Waals surface area (Å²) in [6.45, 7) is 26.0. The van der Waals surface area contributed by atoms with Crippen LogP contribution in [0, 0.1) is 0 Å². The van der Waals surface area contributed by atoms with Gasteiger partial charge in [0.1, 0.15) is 0 Å². The van der Waals surface area contributed by atoms with E-state index in [0.717, 1.165) is 13.1 Å². The second-order valence-electron chi connectivity index (χ2n) is 7.72. The average molecular weight is 254 g/mol. The van der Waals surface area contributed by atoms with E-state index in [-0.39, 0.29) is 22.2 Å². The zero-order chi connectivity index (χ0) is 14.6. The molecule has 0 saturated carbocycles. The van der Waals surface area contributed by atoms with Crippen LogP contribution in [-0.2, 0) is 0 Å². The maximum atomic E-state index is 2.69. The normalized spacial score (nSPS) is 30.3. The summed E-state index contributed by atoms with van der Waals surface area (Å²) in [6.07, 6.45) is 0. The van der Waals surface area contributed by atoms with E-state index in [1.165, 1.54) is 0 Å². The highest BCUT2D eigenvalue weighted by Crippen LogP contribution is 2.50. The summed E-state index contributed by atoms with van der Waals surface area (Å²) in [5.74, 6) is 0. The number of hydrogen-bond donors (Lipinski definition) is 0. The maximum absolute atomic E-state index is 2.69. The molecule has 0 radical (unpaired) electrons. The first-order valence-electron chi connectivity index (χ1n) is 7.44. The van der Waals surface area contributed by atoms with E-state index >= 15 is 0 Å². The average Bonchev–Trinajstić information content (AvgIpc) is 2.15. The molecule has 2 nitrogen and oxygen atoms in total. The lowest BCUT2D eigenvalue weighted by molar-refractivity contribution is -0.208. The predicted molar refractivity (Wildman–Crippen MR) is 81.1 cm³/mol. The molecule has 1 heterocycles. The molecule has 1 aliphatic rings. The quantitative estimate of drug-likeness (QED) is 0.740. The van der Waals surface area contributed by atoms with Crippen LogP contribution in [0.25, 0.3) is 0 Å². The van der Waals surface area contributed by atoms with Gasteiger partial charge < -0.3 is 0 Å². The summed E-state index contributed by atoms with van der Waals surface area (Å²) in [7, 11) is 0. The van der Waals surface area contributed by atoms with Gasteiger partial charge in [-0.25, -0.2) is 0 Å². The molecule has 0 aromatic heterocycles. The lowest BCUT2D eigenvalue weighted by Gasteiger charge is -2.71. The number of hydrogen-bond acceptors (Lipinski definition) is 2. The van der Waals surface area contributed by atoms with Crippen molar-refractivity contribution >= 4 is 0 Å². The van der Waals surface area contributed by atoms with Crippen molar-refractivity contribution in [1.29, 1.82) is 0 Å². The fourth-order valence-corrected chi connectivity index (χ4v) is 4.30. The van der Waals surface area contributed by atoms with Crippen LogP contribution in [0.4, 0.5) is 0 Å². The number of rotatable bonds is 2. The highest BCUT2D eigenvalue weighted by Gasteiger charge is 2.62. The fourth-order valence-electron chi connectivity index (χ4n) is 4.30. The smallest absolute Gasteiger partial charge is 0.0337 e. The van der Waals surface area contributed by atoms with Crippen molar-refractivity contribution in [2.24, 2.45) is 0 Å². The summed E-state index contributed by atoms with van der Waals surface area (Å²) in [4.78, 5) is 5.37. The molecule has 1 rings (SSSR count). The first-order valence-corrected chi connectivity index (χ1v) is 7.44. The third-order valence-electron chi connectivity index (χ3n) is 6.33. The number of nitrogens with zero attached hydrogens (tertiary/aromatic N) is 2. The first kappa shape index (κ1) is 16.0. The van der Waals surface area contributed by atoms with E-state index < -0.39 is 0 Å². The zero-order valence-corrected chi connectivity index (χ0v) is 14.3. The largest absolute Gasteiger partial charge is 0.290 e. The molecule has 0 amide bonds. The van der Waals surface area contributed by atoms with Crippen molar-refractivity contribution in [1.82, 2.24) is 9.80 Å². The molecule has 0 spiro atoms. The molecule has 108 valence electrons. The van der Waals surface area contributed by atoms with Gasteiger partial charge in [-0.15, -0.1) is 0 Å². The van der Waals surface area contributed by atoms with Gasteiger partial charge in [-0.2, -0.15) is 0 Å². The Morgan fingerprint density at radius 1 is 0.500 bits per heavy atom. The van der Waals surface area contributed by atoms with Gasteiger partial charge in [-0.3, -0.25) is 9.80 Å². The Balaban J connectivity index is 3.47. The molecule has 0 atom stereocenters. The number of likely N-dealkylation sites (N-methyl/N-ethyl adjacent to an activating group) is 2. The van der Waals surface area contributed by atoms with Crippen LogP contribution in [0.2, 0.25) is 0 Å². The van der Waals surface area contributed by atoms with E-state index in [1.54, 1.807) is 0 Å². The van der Waals surface area contributed by atoms with Gasteiger partial charge >= 0.3 is 0 Å². The van der Waals surface area contributed by atoms with Crippen LogP contribution in [-0.4, -0.2) is 45.0 Å². The molecule has 0 aromatic rings. The van der Waals surface area contributed by atoms with Gasteiger partial charge in [-0.05, 0) is 68.5 Å². The third kappa shape index (κ3) is 1.68. The van der Waals surface area contributed by atoms with Gasteiger partial charge in [-0.1, -0.05) is 13.8 Å². The van der Waals surface area contributed by atoms with Gasteiger partial charge in [0.15, 0.2) is 0 Å². The van der Waals surface area contributed by atoms with E-state index in [0.29, 0.717) is 0 Å². The Bertz CT molecular complexity index is 253. The lowest BCUT2D eigenvalue weighted by atomic mass is 9.65. The molecule has 0 bridgehead atoms. The Labute approximate surface area is 115 Å². The monoisotopic (exact) mass is 254 g/mol. The van der Waals surface area contributed by atoms with Crippen LogP contribution in [0.5, 0.6) is 0 Å². The number of piperazine rings is 1. The molecular weight excluding hydrogens is 220 g/mol. The van der Waals surface area contributed by atoms with Gasteiger partial charge in [0.25, 0.3) is 0 Å². The summed E-state index contributed by atoms with van der Waals surface area (Å²) in [6, 6.07) is 0.